The molecule has 1 aliphatic rings. The second kappa shape index (κ2) is 8.58. The minimum Gasteiger partial charge on any atom is -0.469 e. The third-order valence-corrected chi connectivity index (χ3v) is 5.06. The number of carbonyl (C=O) groups is 1. The third kappa shape index (κ3) is 4.33. The van der Waals surface area contributed by atoms with Crippen LogP contribution in [0.15, 0.2) is 23.2 Å². The van der Waals surface area contributed by atoms with Gasteiger partial charge in [0.1, 0.15) is 0 Å². The van der Waals surface area contributed by atoms with Gasteiger partial charge in [0.25, 0.3) is 0 Å². The molecule has 0 radical (unpaired) electrons. The van der Waals surface area contributed by atoms with E-state index in [1.54, 1.807) is 7.05 Å². The SMILES string of the molecule is CN=C(NCCc1c(Cl)cccc1Cl)N1CC(C)C(C(=O)OC)C1. The molecule has 5 nitrogen and oxygen atoms in total. The molecule has 0 bridgehead atoms. The van der Waals surface area contributed by atoms with Crippen molar-refractivity contribution >= 4 is 35.1 Å². The number of likely N-dealkylation sites (tertiary alicyclic amines) is 1. The van der Waals surface area contributed by atoms with Gasteiger partial charge < -0.3 is 15.0 Å². The minimum absolute atomic E-state index is 0.119. The van der Waals surface area contributed by atoms with Gasteiger partial charge in [-0.1, -0.05) is 36.2 Å². The highest BCUT2D eigenvalue weighted by atomic mass is 35.5. The highest BCUT2D eigenvalue weighted by Gasteiger charge is 2.36. The number of hydrogen-bond acceptors (Lipinski definition) is 3. The van der Waals surface area contributed by atoms with Crippen molar-refractivity contribution in [3.63, 3.8) is 0 Å². The molecule has 0 saturated carbocycles. The topological polar surface area (TPSA) is 53.9 Å². The van der Waals surface area contributed by atoms with Gasteiger partial charge in [0.2, 0.25) is 0 Å². The molecule has 2 unspecified atom stereocenters. The van der Waals surface area contributed by atoms with Gasteiger partial charge in [-0.15, -0.1) is 0 Å². The van der Waals surface area contributed by atoms with Crippen molar-refractivity contribution in [2.45, 2.75) is 13.3 Å². The van der Waals surface area contributed by atoms with E-state index in [1.165, 1.54) is 7.11 Å². The quantitative estimate of drug-likeness (QED) is 0.502. The van der Waals surface area contributed by atoms with E-state index in [2.05, 4.69) is 22.1 Å². The minimum atomic E-state index is -0.164. The fraction of sp³-hybridized carbons (Fsp3) is 0.529. The molecular formula is C17H23Cl2N3O2. The zero-order valence-electron chi connectivity index (χ0n) is 14.2. The number of aliphatic imine (C=N–C) groups is 1. The molecule has 2 rings (SSSR count). The standard InChI is InChI=1S/C17H23Cl2N3O2/c1-11-9-22(10-13(11)16(23)24-3)17(20-2)21-8-7-12-14(18)5-4-6-15(12)19/h4-6,11,13H,7-10H2,1-3H3,(H,20,21). The van der Waals surface area contributed by atoms with Crippen LogP contribution >= 0.6 is 23.2 Å². The van der Waals surface area contributed by atoms with Crippen molar-refractivity contribution in [3.8, 4) is 0 Å². The first kappa shape index (κ1) is 18.9. The molecule has 132 valence electrons. The molecule has 2 atom stereocenters. The van der Waals surface area contributed by atoms with E-state index in [1.807, 2.05) is 18.2 Å². The van der Waals surface area contributed by atoms with Crippen LogP contribution in [-0.2, 0) is 16.0 Å². The molecule has 0 amide bonds. The molecule has 24 heavy (non-hydrogen) atoms. The Morgan fingerprint density at radius 3 is 2.62 bits per heavy atom. The molecule has 1 saturated heterocycles. The number of nitrogens with zero attached hydrogens (tertiary/aromatic N) is 2. The predicted molar refractivity (Wildman–Crippen MR) is 97.8 cm³/mol. The smallest absolute Gasteiger partial charge is 0.310 e. The second-order valence-electron chi connectivity index (χ2n) is 5.94. The fourth-order valence-electron chi connectivity index (χ4n) is 3.00. The molecule has 0 aliphatic carbocycles. The number of carbonyl (C=O) groups excluding carboxylic acids is 1. The number of rotatable bonds is 4. The summed E-state index contributed by atoms with van der Waals surface area (Å²) in [6.07, 6.45) is 0.696. The average Bonchev–Trinajstić information content (AvgIpc) is 2.94. The van der Waals surface area contributed by atoms with E-state index in [4.69, 9.17) is 27.9 Å². The molecule has 1 fully saturated rings. The number of benzene rings is 1. The highest BCUT2D eigenvalue weighted by Crippen LogP contribution is 2.25. The first-order valence-electron chi connectivity index (χ1n) is 7.94. The summed E-state index contributed by atoms with van der Waals surface area (Å²) in [6, 6.07) is 5.50. The summed E-state index contributed by atoms with van der Waals surface area (Å²) in [5.41, 5.74) is 0.922. The van der Waals surface area contributed by atoms with Gasteiger partial charge in [-0.25, -0.2) is 0 Å². The number of hydrogen-bond donors (Lipinski definition) is 1. The Labute approximate surface area is 153 Å². The fourth-order valence-corrected chi connectivity index (χ4v) is 3.59. The normalized spacial score (nSPS) is 21.0. The van der Waals surface area contributed by atoms with Crippen LogP contribution in [0.4, 0.5) is 0 Å². The summed E-state index contributed by atoms with van der Waals surface area (Å²) in [7, 11) is 3.17. The molecule has 0 spiro atoms. The molecule has 7 heteroatoms. The molecular weight excluding hydrogens is 349 g/mol. The zero-order chi connectivity index (χ0) is 17.7. The van der Waals surface area contributed by atoms with Gasteiger partial charge in [-0.2, -0.15) is 0 Å². The lowest BCUT2D eigenvalue weighted by molar-refractivity contribution is -0.145. The maximum Gasteiger partial charge on any atom is 0.310 e. The van der Waals surface area contributed by atoms with Gasteiger partial charge in [0.15, 0.2) is 5.96 Å². The Hall–Kier alpha value is -1.46. The monoisotopic (exact) mass is 371 g/mol. The van der Waals surface area contributed by atoms with E-state index >= 15 is 0 Å². The van der Waals surface area contributed by atoms with Gasteiger partial charge in [0, 0.05) is 36.7 Å². The van der Waals surface area contributed by atoms with Gasteiger partial charge in [-0.3, -0.25) is 9.79 Å². The van der Waals surface area contributed by atoms with Crippen molar-refractivity contribution < 1.29 is 9.53 Å². The van der Waals surface area contributed by atoms with E-state index < -0.39 is 0 Å². The Bertz CT molecular complexity index is 602. The summed E-state index contributed by atoms with van der Waals surface area (Å²) in [5, 5.41) is 4.65. The van der Waals surface area contributed by atoms with Crippen LogP contribution in [0.5, 0.6) is 0 Å². The van der Waals surface area contributed by atoms with E-state index in [9.17, 15) is 4.79 Å². The second-order valence-corrected chi connectivity index (χ2v) is 6.75. The van der Waals surface area contributed by atoms with Crippen LogP contribution in [0.1, 0.15) is 12.5 Å². The third-order valence-electron chi connectivity index (χ3n) is 4.35. The largest absolute Gasteiger partial charge is 0.469 e. The lowest BCUT2D eigenvalue weighted by atomic mass is 9.99. The number of halogens is 2. The summed E-state index contributed by atoms with van der Waals surface area (Å²) in [4.78, 5) is 18.2. The van der Waals surface area contributed by atoms with Gasteiger partial charge >= 0.3 is 5.97 Å². The number of nitrogens with one attached hydrogen (secondary N) is 1. The molecule has 1 aromatic rings. The molecule has 1 N–H and O–H groups in total. The first-order valence-corrected chi connectivity index (χ1v) is 8.69. The van der Waals surface area contributed by atoms with Crippen LogP contribution in [0.25, 0.3) is 0 Å². The van der Waals surface area contributed by atoms with Crippen molar-refractivity contribution in [1.29, 1.82) is 0 Å². The average molecular weight is 372 g/mol. The zero-order valence-corrected chi connectivity index (χ0v) is 15.7. The van der Waals surface area contributed by atoms with E-state index in [-0.39, 0.29) is 17.8 Å². The number of guanidine groups is 1. The van der Waals surface area contributed by atoms with Crippen LogP contribution in [0.2, 0.25) is 10.0 Å². The van der Waals surface area contributed by atoms with Gasteiger partial charge in [-0.05, 0) is 30.0 Å². The summed E-state index contributed by atoms with van der Waals surface area (Å²) in [5.74, 6) is 0.723. The first-order chi connectivity index (χ1) is 11.5. The Kier molecular flexibility index (Phi) is 6.75. The van der Waals surface area contributed by atoms with Crippen molar-refractivity contribution in [3.05, 3.63) is 33.8 Å². The van der Waals surface area contributed by atoms with Crippen molar-refractivity contribution in [2.24, 2.45) is 16.8 Å². The highest BCUT2D eigenvalue weighted by molar-refractivity contribution is 6.36. The van der Waals surface area contributed by atoms with Crippen LogP contribution in [0.3, 0.4) is 0 Å². The summed E-state index contributed by atoms with van der Waals surface area (Å²) >= 11 is 12.4. The van der Waals surface area contributed by atoms with Crippen LogP contribution in [-0.4, -0.2) is 50.6 Å². The number of methoxy groups -OCH3 is 1. The molecule has 0 aromatic heterocycles. The Morgan fingerprint density at radius 1 is 1.38 bits per heavy atom. The molecule has 1 aliphatic heterocycles. The predicted octanol–water partition coefficient (Wildman–Crippen LogP) is 2.85. The Balaban J connectivity index is 1.93. The molecule has 1 heterocycles. The van der Waals surface area contributed by atoms with Crippen LogP contribution < -0.4 is 5.32 Å². The van der Waals surface area contributed by atoms with Gasteiger partial charge in [0.05, 0.1) is 13.0 Å². The Morgan fingerprint density at radius 2 is 2.04 bits per heavy atom. The maximum atomic E-state index is 11.8. The molecule has 1 aromatic carbocycles. The summed E-state index contributed by atoms with van der Waals surface area (Å²) < 4.78 is 4.88. The van der Waals surface area contributed by atoms with E-state index in [0.717, 1.165) is 18.1 Å². The maximum absolute atomic E-state index is 11.8. The summed E-state index contributed by atoms with van der Waals surface area (Å²) in [6.45, 7) is 4.09. The van der Waals surface area contributed by atoms with Crippen molar-refractivity contribution in [2.75, 3.05) is 33.8 Å². The van der Waals surface area contributed by atoms with E-state index in [0.29, 0.717) is 29.6 Å². The lowest BCUT2D eigenvalue weighted by Crippen LogP contribution is -2.41. The lowest BCUT2D eigenvalue weighted by Gasteiger charge is -2.21. The van der Waals surface area contributed by atoms with Crippen LogP contribution in [0, 0.1) is 11.8 Å². The number of esters is 1. The van der Waals surface area contributed by atoms with Crippen molar-refractivity contribution in [1.82, 2.24) is 10.2 Å². The number of ether oxygens (including phenoxy) is 1.